The van der Waals surface area contributed by atoms with Crippen LogP contribution in [0, 0.1) is 0 Å². The van der Waals surface area contributed by atoms with Crippen LogP contribution in [0.3, 0.4) is 0 Å². The maximum absolute atomic E-state index is 12.9. The minimum absolute atomic E-state index is 0. The highest BCUT2D eigenvalue weighted by molar-refractivity contribution is 7.86. The lowest BCUT2D eigenvalue weighted by Gasteiger charge is -2.26. The summed E-state index contributed by atoms with van der Waals surface area (Å²) in [7, 11) is -3.37. The quantitative estimate of drug-likeness (QED) is 0.897. The van der Waals surface area contributed by atoms with E-state index in [1.807, 2.05) is 30.3 Å². The number of nitrogens with zero attached hydrogens (tertiary/aromatic N) is 2. The van der Waals surface area contributed by atoms with Crippen LogP contribution in [0.1, 0.15) is 37.2 Å². The van der Waals surface area contributed by atoms with E-state index in [1.165, 1.54) is 0 Å². The molecule has 23 heavy (non-hydrogen) atoms. The molecule has 5 nitrogen and oxygen atoms in total. The number of halogens is 1. The van der Waals surface area contributed by atoms with Gasteiger partial charge in [0, 0.05) is 38.1 Å². The molecule has 0 amide bonds. The number of benzene rings is 1. The predicted octanol–water partition coefficient (Wildman–Crippen LogP) is 1.96. The van der Waals surface area contributed by atoms with Gasteiger partial charge >= 0.3 is 0 Å². The van der Waals surface area contributed by atoms with Gasteiger partial charge in [0.2, 0.25) is 0 Å². The lowest BCUT2D eigenvalue weighted by atomic mass is 9.95. The van der Waals surface area contributed by atoms with Gasteiger partial charge in [-0.15, -0.1) is 12.4 Å². The SMILES string of the molecule is Cl.N[C@@H]1CN(S(=O)(=O)N2CCCCCC2)C[C@H]1c1ccccc1. The molecular formula is C16H26ClN3O2S. The highest BCUT2D eigenvalue weighted by atomic mass is 35.5. The second kappa shape index (κ2) is 7.94. The van der Waals surface area contributed by atoms with Crippen molar-refractivity contribution in [1.82, 2.24) is 8.61 Å². The molecule has 7 heteroatoms. The highest BCUT2D eigenvalue weighted by Gasteiger charge is 2.40. The largest absolute Gasteiger partial charge is 0.326 e. The van der Waals surface area contributed by atoms with Crippen LogP contribution >= 0.6 is 12.4 Å². The first-order valence-corrected chi connectivity index (χ1v) is 9.54. The van der Waals surface area contributed by atoms with E-state index in [4.69, 9.17) is 5.73 Å². The molecule has 1 aromatic rings. The smallest absolute Gasteiger partial charge is 0.282 e. The van der Waals surface area contributed by atoms with Crippen LogP contribution in [0.25, 0.3) is 0 Å². The van der Waals surface area contributed by atoms with Crippen molar-refractivity contribution >= 4 is 22.6 Å². The van der Waals surface area contributed by atoms with E-state index in [9.17, 15) is 8.42 Å². The molecule has 2 saturated heterocycles. The number of hydrogen-bond donors (Lipinski definition) is 1. The number of rotatable bonds is 3. The minimum atomic E-state index is -3.37. The summed E-state index contributed by atoms with van der Waals surface area (Å²) in [6, 6.07) is 9.86. The maximum atomic E-state index is 12.9. The van der Waals surface area contributed by atoms with Crippen molar-refractivity contribution < 1.29 is 8.42 Å². The van der Waals surface area contributed by atoms with Crippen molar-refractivity contribution in [2.75, 3.05) is 26.2 Å². The molecule has 3 rings (SSSR count). The molecule has 0 bridgehead atoms. The third-order valence-corrected chi connectivity index (χ3v) is 6.75. The second-order valence-electron chi connectivity index (χ2n) is 6.32. The summed E-state index contributed by atoms with van der Waals surface area (Å²) in [5.41, 5.74) is 7.36. The molecule has 130 valence electrons. The maximum Gasteiger partial charge on any atom is 0.282 e. The van der Waals surface area contributed by atoms with E-state index in [2.05, 4.69) is 0 Å². The Hall–Kier alpha value is -0.660. The van der Waals surface area contributed by atoms with Crippen molar-refractivity contribution in [2.24, 2.45) is 5.73 Å². The van der Waals surface area contributed by atoms with Crippen LogP contribution in [0.15, 0.2) is 30.3 Å². The molecule has 1 aromatic carbocycles. The van der Waals surface area contributed by atoms with E-state index in [0.717, 1.165) is 31.2 Å². The van der Waals surface area contributed by atoms with Gasteiger partial charge in [0.25, 0.3) is 10.2 Å². The summed E-state index contributed by atoms with van der Waals surface area (Å²) in [4.78, 5) is 0. The fourth-order valence-electron chi connectivity index (χ4n) is 3.47. The Morgan fingerprint density at radius 3 is 2.13 bits per heavy atom. The van der Waals surface area contributed by atoms with Crippen LogP contribution in [0.2, 0.25) is 0 Å². The van der Waals surface area contributed by atoms with Crippen LogP contribution in [-0.4, -0.2) is 49.2 Å². The zero-order valence-electron chi connectivity index (χ0n) is 13.3. The van der Waals surface area contributed by atoms with Crippen LogP contribution in [0.4, 0.5) is 0 Å². The van der Waals surface area contributed by atoms with Crippen LogP contribution < -0.4 is 5.73 Å². The summed E-state index contributed by atoms with van der Waals surface area (Å²) in [6.07, 6.45) is 4.17. The molecule has 2 aliphatic rings. The molecule has 0 aliphatic carbocycles. The molecule has 2 heterocycles. The third-order valence-electron chi connectivity index (χ3n) is 4.78. The molecule has 2 N–H and O–H groups in total. The molecule has 0 spiro atoms. The highest BCUT2D eigenvalue weighted by Crippen LogP contribution is 2.29. The van der Waals surface area contributed by atoms with Gasteiger partial charge in [-0.3, -0.25) is 0 Å². The number of hydrogen-bond acceptors (Lipinski definition) is 3. The summed E-state index contributed by atoms with van der Waals surface area (Å²) < 4.78 is 29.0. The van der Waals surface area contributed by atoms with E-state index >= 15 is 0 Å². The third kappa shape index (κ3) is 4.06. The van der Waals surface area contributed by atoms with Gasteiger partial charge in [-0.1, -0.05) is 43.2 Å². The molecule has 0 aromatic heterocycles. The van der Waals surface area contributed by atoms with Gasteiger partial charge < -0.3 is 5.73 Å². The zero-order valence-corrected chi connectivity index (χ0v) is 14.9. The molecule has 0 unspecified atom stereocenters. The topological polar surface area (TPSA) is 66.6 Å². The number of nitrogens with two attached hydrogens (primary N) is 1. The fraction of sp³-hybridized carbons (Fsp3) is 0.625. The van der Waals surface area contributed by atoms with Crippen molar-refractivity contribution in [2.45, 2.75) is 37.6 Å². The molecule has 0 radical (unpaired) electrons. The Bertz CT molecular complexity index is 589. The Morgan fingerprint density at radius 1 is 0.913 bits per heavy atom. The predicted molar refractivity (Wildman–Crippen MR) is 94.9 cm³/mol. The van der Waals surface area contributed by atoms with Crippen molar-refractivity contribution in [3.05, 3.63) is 35.9 Å². The van der Waals surface area contributed by atoms with Gasteiger partial charge in [-0.25, -0.2) is 0 Å². The second-order valence-corrected chi connectivity index (χ2v) is 8.25. The summed E-state index contributed by atoms with van der Waals surface area (Å²) in [5, 5.41) is 0. The van der Waals surface area contributed by atoms with Gasteiger partial charge in [0.1, 0.15) is 0 Å². The Balaban J connectivity index is 0.00000192. The van der Waals surface area contributed by atoms with Gasteiger partial charge in [0.05, 0.1) is 0 Å². The monoisotopic (exact) mass is 359 g/mol. The molecular weight excluding hydrogens is 334 g/mol. The first-order chi connectivity index (χ1) is 10.6. The first kappa shape index (κ1) is 18.7. The molecule has 2 atom stereocenters. The van der Waals surface area contributed by atoms with E-state index < -0.39 is 10.2 Å². The average Bonchev–Trinajstić information content (AvgIpc) is 2.75. The Labute approximate surface area is 145 Å². The lowest BCUT2D eigenvalue weighted by molar-refractivity contribution is 0.364. The summed E-state index contributed by atoms with van der Waals surface area (Å²) in [6.45, 7) is 2.19. The summed E-state index contributed by atoms with van der Waals surface area (Å²) >= 11 is 0. The van der Waals surface area contributed by atoms with Gasteiger partial charge in [-0.05, 0) is 18.4 Å². The standard InChI is InChI=1S/C16H25N3O2S.ClH/c17-16-13-19(12-15(16)14-8-4-3-5-9-14)22(20,21)18-10-6-1-2-7-11-18;/h3-5,8-9,15-16H,1-2,6-7,10-13,17H2;1H/t15-,16+;/m0./s1. The van der Waals surface area contributed by atoms with E-state index in [1.54, 1.807) is 8.61 Å². The minimum Gasteiger partial charge on any atom is -0.326 e. The normalized spacial score (nSPS) is 27.3. The fourth-order valence-corrected chi connectivity index (χ4v) is 5.22. The zero-order chi connectivity index (χ0) is 15.6. The van der Waals surface area contributed by atoms with E-state index in [0.29, 0.717) is 26.2 Å². The average molecular weight is 360 g/mol. The van der Waals surface area contributed by atoms with Crippen LogP contribution in [0.5, 0.6) is 0 Å². The van der Waals surface area contributed by atoms with Crippen molar-refractivity contribution in [3.63, 3.8) is 0 Å². The Kier molecular flexibility index (Phi) is 6.45. The van der Waals surface area contributed by atoms with Crippen molar-refractivity contribution in [3.8, 4) is 0 Å². The molecule has 0 saturated carbocycles. The lowest BCUT2D eigenvalue weighted by Crippen LogP contribution is -2.44. The van der Waals surface area contributed by atoms with Crippen molar-refractivity contribution in [1.29, 1.82) is 0 Å². The first-order valence-electron chi connectivity index (χ1n) is 8.15. The van der Waals surface area contributed by atoms with Gasteiger partial charge in [-0.2, -0.15) is 17.0 Å². The van der Waals surface area contributed by atoms with Gasteiger partial charge in [0.15, 0.2) is 0 Å². The van der Waals surface area contributed by atoms with Crippen LogP contribution in [-0.2, 0) is 10.2 Å². The summed E-state index contributed by atoms with van der Waals surface area (Å²) in [5.74, 6) is 0.0861. The Morgan fingerprint density at radius 2 is 1.52 bits per heavy atom. The molecule has 2 fully saturated rings. The van der Waals surface area contributed by atoms with E-state index in [-0.39, 0.29) is 24.4 Å². The molecule has 2 aliphatic heterocycles.